The molecule has 36 heavy (non-hydrogen) atoms. The highest BCUT2D eigenvalue weighted by atomic mass is 32.1. The van der Waals surface area contributed by atoms with E-state index in [2.05, 4.69) is 43.9 Å². The Morgan fingerprint density at radius 2 is 2.14 bits per heavy atom. The van der Waals surface area contributed by atoms with Crippen LogP contribution in [0.5, 0.6) is 0 Å². The quantitative estimate of drug-likeness (QED) is 0.186. The fourth-order valence-corrected chi connectivity index (χ4v) is 4.87. The second kappa shape index (κ2) is 15.2. The number of rotatable bonds is 15. The van der Waals surface area contributed by atoms with Crippen molar-refractivity contribution in [3.63, 3.8) is 0 Å². The molecule has 0 saturated heterocycles. The van der Waals surface area contributed by atoms with Crippen LogP contribution >= 0.6 is 11.5 Å². The van der Waals surface area contributed by atoms with Crippen LogP contribution in [0.3, 0.4) is 0 Å². The van der Waals surface area contributed by atoms with Crippen LogP contribution in [0, 0.1) is 17.2 Å². The van der Waals surface area contributed by atoms with E-state index in [1.807, 2.05) is 36.2 Å². The van der Waals surface area contributed by atoms with Crippen LogP contribution in [0.15, 0.2) is 48.6 Å². The summed E-state index contributed by atoms with van der Waals surface area (Å²) in [4.78, 5) is 18.4. The summed E-state index contributed by atoms with van der Waals surface area (Å²) in [5.41, 5.74) is 4.75. The van der Waals surface area contributed by atoms with E-state index >= 15 is 0 Å². The maximum atomic E-state index is 11.5. The van der Waals surface area contributed by atoms with Crippen LogP contribution in [0.2, 0.25) is 0 Å². The number of benzene rings is 1. The van der Waals surface area contributed by atoms with E-state index in [1.54, 1.807) is 6.08 Å². The van der Waals surface area contributed by atoms with Gasteiger partial charge in [-0.3, -0.25) is 0 Å². The van der Waals surface area contributed by atoms with Crippen LogP contribution in [-0.4, -0.2) is 52.4 Å². The molecule has 0 radical (unpaired) electrons. The van der Waals surface area contributed by atoms with Gasteiger partial charge in [0.2, 0.25) is 0 Å². The minimum Gasteiger partial charge on any atom is -0.395 e. The fraction of sp³-hybridized carbons (Fsp3) is 0.448. The van der Waals surface area contributed by atoms with Gasteiger partial charge >= 0.3 is 0 Å². The first-order chi connectivity index (χ1) is 17.4. The molecule has 1 unspecified atom stereocenters. The highest BCUT2D eigenvalue weighted by Gasteiger charge is 2.21. The maximum Gasteiger partial charge on any atom is 0.173 e. The Labute approximate surface area is 219 Å². The van der Waals surface area contributed by atoms with Gasteiger partial charge in [-0.05, 0) is 61.0 Å². The first-order valence-corrected chi connectivity index (χ1v) is 13.3. The average Bonchev–Trinajstić information content (AvgIpc) is 3.35. The standard InChI is InChI=1S/C29H38N4O2S/c1-6-9-23(18-22(19-30)13-12-21(3)4)29-31-28(32-36-29)27-11-8-10-26(25(27)7-2)24(14-16-34)20-33(5)15-17-35/h6,8-11,16,18,21,24,35H,1,7,12-15,17,20H2,2-5H3/b22-18+,23-9+. The molecule has 0 saturated carbocycles. The molecule has 1 aromatic heterocycles. The summed E-state index contributed by atoms with van der Waals surface area (Å²) in [6.45, 7) is 11.5. The summed E-state index contributed by atoms with van der Waals surface area (Å²) < 4.78 is 4.67. The minimum absolute atomic E-state index is 0.0188. The Balaban J connectivity index is 2.46. The van der Waals surface area contributed by atoms with Crippen LogP contribution in [0.1, 0.15) is 62.1 Å². The van der Waals surface area contributed by atoms with Gasteiger partial charge in [-0.15, -0.1) is 0 Å². The van der Waals surface area contributed by atoms with E-state index in [0.717, 1.165) is 52.8 Å². The smallest absolute Gasteiger partial charge is 0.173 e. The molecule has 6 nitrogen and oxygen atoms in total. The molecule has 1 aromatic carbocycles. The lowest BCUT2D eigenvalue weighted by Crippen LogP contribution is -2.28. The molecule has 0 fully saturated rings. The van der Waals surface area contributed by atoms with Gasteiger partial charge < -0.3 is 14.8 Å². The molecule has 0 aliphatic rings. The van der Waals surface area contributed by atoms with E-state index < -0.39 is 0 Å². The monoisotopic (exact) mass is 506 g/mol. The highest BCUT2D eigenvalue weighted by molar-refractivity contribution is 7.06. The zero-order chi connectivity index (χ0) is 26.5. The summed E-state index contributed by atoms with van der Waals surface area (Å²) in [5.74, 6) is 1.18. The topological polar surface area (TPSA) is 90.1 Å². The van der Waals surface area contributed by atoms with Crippen LogP contribution in [-0.2, 0) is 11.2 Å². The van der Waals surface area contributed by atoms with Crippen molar-refractivity contribution in [3.8, 4) is 17.5 Å². The normalized spacial score (nSPS) is 13.2. The van der Waals surface area contributed by atoms with Gasteiger partial charge in [0.05, 0.1) is 12.7 Å². The molecule has 2 aromatic rings. The van der Waals surface area contributed by atoms with Gasteiger partial charge in [-0.25, -0.2) is 4.98 Å². The lowest BCUT2D eigenvalue weighted by Gasteiger charge is -2.25. The number of aliphatic hydroxyl groups excluding tert-OH is 1. The highest BCUT2D eigenvalue weighted by Crippen LogP contribution is 2.33. The summed E-state index contributed by atoms with van der Waals surface area (Å²) in [7, 11) is 1.95. The van der Waals surface area contributed by atoms with Gasteiger partial charge in [0.25, 0.3) is 0 Å². The number of carbonyl (C=O) groups excluding carboxylic acids is 1. The Hall–Kier alpha value is -2.92. The van der Waals surface area contributed by atoms with E-state index in [0.29, 0.717) is 36.8 Å². The van der Waals surface area contributed by atoms with Crippen molar-refractivity contribution in [1.82, 2.24) is 14.3 Å². The van der Waals surface area contributed by atoms with Crippen LogP contribution in [0.4, 0.5) is 0 Å². The summed E-state index contributed by atoms with van der Waals surface area (Å²) >= 11 is 1.31. The van der Waals surface area contributed by atoms with Crippen molar-refractivity contribution >= 4 is 23.4 Å². The third-order valence-corrected chi connectivity index (χ3v) is 6.84. The number of nitrogens with zero attached hydrogens (tertiary/aromatic N) is 4. The molecule has 0 amide bonds. The summed E-state index contributed by atoms with van der Waals surface area (Å²) in [6, 6.07) is 8.43. The predicted octanol–water partition coefficient (Wildman–Crippen LogP) is 5.82. The minimum atomic E-state index is 0.0188. The van der Waals surface area contributed by atoms with Crippen LogP contribution < -0.4 is 0 Å². The van der Waals surface area contributed by atoms with E-state index in [-0.39, 0.29) is 12.5 Å². The predicted molar refractivity (Wildman–Crippen MR) is 149 cm³/mol. The molecular weight excluding hydrogens is 468 g/mol. The largest absolute Gasteiger partial charge is 0.395 e. The van der Waals surface area contributed by atoms with Gasteiger partial charge in [0, 0.05) is 42.1 Å². The first kappa shape index (κ1) is 29.3. The molecule has 2 rings (SSSR count). The Kier molecular flexibility index (Phi) is 12.4. The molecule has 0 spiro atoms. The first-order valence-electron chi connectivity index (χ1n) is 12.5. The fourth-order valence-electron chi connectivity index (χ4n) is 4.20. The molecule has 1 heterocycles. The second-order valence-electron chi connectivity index (χ2n) is 9.31. The van der Waals surface area contributed by atoms with Gasteiger partial charge in [0.15, 0.2) is 5.82 Å². The Bertz CT molecular complexity index is 1110. The SMILES string of the molecule is C=C/C=C(\C=C(\C#N)CCC(C)C)c1nc(-c2cccc(C(CC=O)CN(C)CCO)c2CC)ns1. The number of aromatic nitrogens is 2. The number of likely N-dealkylation sites (N-methyl/N-ethyl adjacent to an activating group) is 1. The number of carbonyl (C=O) groups is 1. The number of hydrogen-bond donors (Lipinski definition) is 1. The summed E-state index contributed by atoms with van der Waals surface area (Å²) in [6.07, 6.45) is 9.29. The van der Waals surface area contributed by atoms with Gasteiger partial charge in [0.1, 0.15) is 11.3 Å². The number of aldehydes is 1. The van der Waals surface area contributed by atoms with Crippen molar-refractivity contribution in [2.75, 3.05) is 26.7 Å². The zero-order valence-electron chi connectivity index (χ0n) is 21.9. The molecule has 1 N–H and O–H groups in total. The number of nitriles is 1. The van der Waals surface area contributed by atoms with Crippen molar-refractivity contribution in [2.45, 2.75) is 52.4 Å². The lowest BCUT2D eigenvalue weighted by atomic mass is 9.87. The molecule has 0 bridgehead atoms. The third-order valence-electron chi connectivity index (χ3n) is 6.08. The Morgan fingerprint density at radius 1 is 1.36 bits per heavy atom. The molecule has 192 valence electrons. The molecule has 7 heteroatoms. The number of allylic oxidation sites excluding steroid dienone is 5. The molecule has 0 aliphatic carbocycles. The van der Waals surface area contributed by atoms with E-state index in [1.165, 1.54) is 11.5 Å². The van der Waals surface area contributed by atoms with Crippen LogP contribution in [0.25, 0.3) is 17.0 Å². The van der Waals surface area contributed by atoms with E-state index in [9.17, 15) is 15.2 Å². The van der Waals surface area contributed by atoms with Crippen molar-refractivity contribution in [1.29, 1.82) is 5.26 Å². The Morgan fingerprint density at radius 3 is 2.75 bits per heavy atom. The summed E-state index contributed by atoms with van der Waals surface area (Å²) in [5, 5.41) is 19.7. The molecular formula is C29H38N4O2S. The van der Waals surface area contributed by atoms with Gasteiger partial charge in [-0.1, -0.05) is 57.7 Å². The number of aliphatic hydroxyl groups is 1. The molecule has 0 aliphatic heterocycles. The van der Waals surface area contributed by atoms with Crippen molar-refractivity contribution in [3.05, 3.63) is 64.7 Å². The van der Waals surface area contributed by atoms with Gasteiger partial charge in [-0.2, -0.15) is 9.64 Å². The zero-order valence-corrected chi connectivity index (χ0v) is 22.7. The van der Waals surface area contributed by atoms with Crippen molar-refractivity contribution in [2.24, 2.45) is 5.92 Å². The number of hydrogen-bond acceptors (Lipinski definition) is 7. The van der Waals surface area contributed by atoms with Crippen molar-refractivity contribution < 1.29 is 9.90 Å². The lowest BCUT2D eigenvalue weighted by molar-refractivity contribution is -0.108. The molecule has 1 atom stereocenters. The van der Waals surface area contributed by atoms with E-state index in [4.69, 9.17) is 4.98 Å². The second-order valence-corrected chi connectivity index (χ2v) is 10.1. The third kappa shape index (κ3) is 8.34. The average molecular weight is 507 g/mol. The maximum absolute atomic E-state index is 11.5.